The second-order valence-electron chi connectivity index (χ2n) is 2.33. The van der Waals surface area contributed by atoms with E-state index in [1.54, 1.807) is 13.0 Å². The van der Waals surface area contributed by atoms with Crippen LogP contribution in [0.4, 0.5) is 0 Å². The second-order valence-corrected chi connectivity index (χ2v) is 2.33. The first-order chi connectivity index (χ1) is 5.61. The highest BCUT2D eigenvalue weighted by Gasteiger charge is 1.97. The summed E-state index contributed by atoms with van der Waals surface area (Å²) in [6.07, 6.45) is 5.15. The van der Waals surface area contributed by atoms with Gasteiger partial charge in [0.25, 0.3) is 0 Å². The van der Waals surface area contributed by atoms with Crippen molar-refractivity contribution in [1.82, 2.24) is 0 Å². The lowest BCUT2D eigenvalue weighted by atomic mass is 10.3. The number of nitrogens with two attached hydrogens (primary N) is 1. The molecule has 0 aromatic rings. The lowest BCUT2D eigenvalue weighted by molar-refractivity contribution is 0.320. The van der Waals surface area contributed by atoms with Gasteiger partial charge in [-0.1, -0.05) is 19.2 Å². The molecular formula is C10H15NO. The molecule has 0 amide bonds. The maximum Gasteiger partial charge on any atom is 0.149 e. The van der Waals surface area contributed by atoms with E-state index < -0.39 is 0 Å². The molecule has 0 aliphatic rings. The molecular weight excluding hydrogens is 150 g/mol. The summed E-state index contributed by atoms with van der Waals surface area (Å²) >= 11 is 0. The zero-order chi connectivity index (χ0) is 9.56. The van der Waals surface area contributed by atoms with Crippen LogP contribution in [-0.2, 0) is 4.74 Å². The van der Waals surface area contributed by atoms with E-state index in [1.165, 1.54) is 6.08 Å². The monoisotopic (exact) mass is 165 g/mol. The minimum absolute atomic E-state index is 0.510. The van der Waals surface area contributed by atoms with Gasteiger partial charge in [0.05, 0.1) is 11.5 Å². The molecule has 12 heavy (non-hydrogen) atoms. The largest absolute Gasteiger partial charge is 0.460 e. The lowest BCUT2D eigenvalue weighted by Crippen LogP contribution is -2.00. The van der Waals surface area contributed by atoms with E-state index in [1.807, 2.05) is 13.0 Å². The van der Waals surface area contributed by atoms with E-state index in [0.29, 0.717) is 17.2 Å². The van der Waals surface area contributed by atoms with E-state index in [2.05, 4.69) is 13.2 Å². The van der Waals surface area contributed by atoms with Gasteiger partial charge in [0.2, 0.25) is 0 Å². The quantitative estimate of drug-likeness (QED) is 0.513. The van der Waals surface area contributed by atoms with Crippen LogP contribution in [0.2, 0.25) is 0 Å². The summed E-state index contributed by atoms with van der Waals surface area (Å²) in [6.45, 7) is 10.8. The molecule has 0 aliphatic heterocycles. The summed E-state index contributed by atoms with van der Waals surface area (Å²) in [7, 11) is 0. The Morgan fingerprint density at radius 2 is 2.08 bits per heavy atom. The number of ether oxygens (including phenoxy) is 1. The van der Waals surface area contributed by atoms with Crippen LogP contribution in [0.25, 0.3) is 0 Å². The Labute approximate surface area is 73.7 Å². The number of hydrogen-bond acceptors (Lipinski definition) is 2. The minimum Gasteiger partial charge on any atom is -0.460 e. The Kier molecular flexibility index (Phi) is 4.61. The summed E-state index contributed by atoms with van der Waals surface area (Å²) in [6, 6.07) is 0. The van der Waals surface area contributed by atoms with E-state index in [4.69, 9.17) is 10.5 Å². The van der Waals surface area contributed by atoms with Crippen molar-refractivity contribution in [3.05, 3.63) is 48.6 Å². The molecule has 0 heterocycles. The van der Waals surface area contributed by atoms with Gasteiger partial charge < -0.3 is 10.5 Å². The van der Waals surface area contributed by atoms with Gasteiger partial charge in [-0.2, -0.15) is 0 Å². The van der Waals surface area contributed by atoms with E-state index in [-0.39, 0.29) is 0 Å². The fourth-order valence-corrected chi connectivity index (χ4v) is 0.629. The molecule has 0 rings (SSSR count). The fraction of sp³-hybridized carbons (Fsp3) is 0.200. The van der Waals surface area contributed by atoms with Crippen molar-refractivity contribution >= 4 is 0 Å². The van der Waals surface area contributed by atoms with Crippen molar-refractivity contribution in [3.63, 3.8) is 0 Å². The highest BCUT2D eigenvalue weighted by Crippen LogP contribution is 2.08. The van der Waals surface area contributed by atoms with Crippen LogP contribution >= 0.6 is 0 Å². The molecule has 2 N–H and O–H groups in total. The molecule has 0 unspecified atom stereocenters. The zero-order valence-electron chi connectivity index (χ0n) is 7.63. The third-order valence-corrected chi connectivity index (χ3v) is 1.11. The Hall–Kier alpha value is -1.44. The van der Waals surface area contributed by atoms with Crippen LogP contribution in [0.5, 0.6) is 0 Å². The van der Waals surface area contributed by atoms with Gasteiger partial charge >= 0.3 is 0 Å². The first-order valence-electron chi connectivity index (χ1n) is 3.70. The maximum absolute atomic E-state index is 5.60. The molecule has 0 saturated heterocycles. The molecule has 0 fully saturated rings. The maximum atomic E-state index is 5.60. The lowest BCUT2D eigenvalue weighted by Gasteiger charge is -2.06. The molecule has 0 aromatic carbocycles. The van der Waals surface area contributed by atoms with Gasteiger partial charge in [0, 0.05) is 0 Å². The van der Waals surface area contributed by atoms with Crippen molar-refractivity contribution in [2.75, 3.05) is 0 Å². The van der Waals surface area contributed by atoms with Crippen molar-refractivity contribution in [2.45, 2.75) is 13.8 Å². The molecule has 0 saturated carbocycles. The smallest absolute Gasteiger partial charge is 0.149 e. The standard InChI is InChI=1S/C10H15NO/c1-5-7-10(9(11)6-2)12-8(3)4/h5-7H,2-3,11H2,1,4H3/b7-5-,10-9-. The Morgan fingerprint density at radius 1 is 1.50 bits per heavy atom. The average molecular weight is 165 g/mol. The van der Waals surface area contributed by atoms with Crippen LogP contribution in [0.1, 0.15) is 13.8 Å². The van der Waals surface area contributed by atoms with Crippen LogP contribution in [0.3, 0.4) is 0 Å². The predicted molar refractivity (Wildman–Crippen MR) is 52.1 cm³/mol. The molecule has 0 atom stereocenters. The molecule has 2 heteroatoms. The van der Waals surface area contributed by atoms with Gasteiger partial charge in [0.15, 0.2) is 0 Å². The number of hydrogen-bond donors (Lipinski definition) is 1. The summed E-state index contributed by atoms with van der Waals surface area (Å²) in [5.74, 6) is 1.19. The third kappa shape index (κ3) is 3.66. The van der Waals surface area contributed by atoms with Gasteiger partial charge in [-0.05, 0) is 26.0 Å². The van der Waals surface area contributed by atoms with E-state index >= 15 is 0 Å². The van der Waals surface area contributed by atoms with Gasteiger partial charge in [-0.25, -0.2) is 0 Å². The summed E-state index contributed by atoms with van der Waals surface area (Å²) in [5, 5.41) is 0. The van der Waals surface area contributed by atoms with Crippen LogP contribution in [-0.4, -0.2) is 0 Å². The molecule has 66 valence electrons. The first kappa shape index (κ1) is 10.6. The Morgan fingerprint density at radius 3 is 2.42 bits per heavy atom. The molecule has 2 nitrogen and oxygen atoms in total. The van der Waals surface area contributed by atoms with Crippen molar-refractivity contribution in [1.29, 1.82) is 0 Å². The number of rotatable bonds is 4. The third-order valence-electron chi connectivity index (χ3n) is 1.11. The zero-order valence-corrected chi connectivity index (χ0v) is 7.63. The molecule has 0 bridgehead atoms. The Balaban J connectivity index is 4.65. The van der Waals surface area contributed by atoms with Gasteiger partial charge in [0.1, 0.15) is 5.76 Å². The first-order valence-corrected chi connectivity index (χ1v) is 3.70. The topological polar surface area (TPSA) is 35.2 Å². The summed E-state index contributed by atoms with van der Waals surface area (Å²) in [4.78, 5) is 0. The van der Waals surface area contributed by atoms with E-state index in [0.717, 1.165) is 0 Å². The summed E-state index contributed by atoms with van der Waals surface area (Å²) < 4.78 is 5.25. The minimum atomic E-state index is 0.510. The molecule has 0 aliphatic carbocycles. The average Bonchev–Trinajstić information content (AvgIpc) is 2.01. The van der Waals surface area contributed by atoms with Gasteiger partial charge in [-0.3, -0.25) is 0 Å². The van der Waals surface area contributed by atoms with E-state index in [9.17, 15) is 0 Å². The predicted octanol–water partition coefficient (Wildman–Crippen LogP) is 2.47. The van der Waals surface area contributed by atoms with Crippen molar-refractivity contribution < 1.29 is 4.74 Å². The highest BCUT2D eigenvalue weighted by atomic mass is 16.5. The van der Waals surface area contributed by atoms with Gasteiger partial charge in [-0.15, -0.1) is 0 Å². The van der Waals surface area contributed by atoms with Crippen molar-refractivity contribution in [3.8, 4) is 0 Å². The Bertz CT molecular complexity index is 236. The fourth-order valence-electron chi connectivity index (χ4n) is 0.629. The van der Waals surface area contributed by atoms with Crippen LogP contribution in [0, 0.1) is 0 Å². The van der Waals surface area contributed by atoms with Crippen LogP contribution in [0.15, 0.2) is 48.6 Å². The summed E-state index contributed by atoms with van der Waals surface area (Å²) in [5.41, 5.74) is 6.11. The molecule has 0 aromatic heterocycles. The number of allylic oxidation sites excluding steroid dienone is 4. The molecule has 0 spiro atoms. The second kappa shape index (κ2) is 5.24. The SMILES string of the molecule is C=C/C(N)=C(\C=C/C)OC(=C)C. The van der Waals surface area contributed by atoms with Crippen molar-refractivity contribution in [2.24, 2.45) is 5.73 Å². The normalized spacial score (nSPS) is 12.5. The molecule has 0 radical (unpaired) electrons. The highest BCUT2D eigenvalue weighted by molar-refractivity contribution is 5.26. The van der Waals surface area contributed by atoms with Crippen LogP contribution < -0.4 is 5.73 Å².